The molecule has 0 saturated heterocycles. The summed E-state index contributed by atoms with van der Waals surface area (Å²) in [5, 5.41) is 0.649. The fourth-order valence-corrected chi connectivity index (χ4v) is 2.57. The van der Waals surface area contributed by atoms with Gasteiger partial charge in [0, 0.05) is 5.75 Å². The zero-order chi connectivity index (χ0) is 15.8. The minimum Gasteiger partial charge on any atom is -0.374 e. The Kier molecular flexibility index (Phi) is 8.38. The maximum Gasteiger partial charge on any atom is 0.0720 e. The van der Waals surface area contributed by atoms with Crippen molar-refractivity contribution >= 4 is 11.8 Å². The van der Waals surface area contributed by atoms with Gasteiger partial charge in [-0.15, -0.1) is 0 Å². The predicted octanol–water partition coefficient (Wildman–Crippen LogP) is 5.18. The van der Waals surface area contributed by atoms with Gasteiger partial charge in [0.25, 0.3) is 0 Å². The second-order valence-electron chi connectivity index (χ2n) is 6.24. The van der Waals surface area contributed by atoms with Gasteiger partial charge in [-0.3, -0.25) is 0 Å². The van der Waals surface area contributed by atoms with Crippen LogP contribution < -0.4 is 0 Å². The lowest BCUT2D eigenvalue weighted by Crippen LogP contribution is -2.05. The molecule has 0 bridgehead atoms. The van der Waals surface area contributed by atoms with Crippen molar-refractivity contribution in [2.24, 2.45) is 0 Å². The Morgan fingerprint density at radius 2 is 1.19 bits per heavy atom. The Labute approximate surface area is 134 Å². The Morgan fingerprint density at radius 1 is 0.762 bits per heavy atom. The van der Waals surface area contributed by atoms with Gasteiger partial charge in [0.15, 0.2) is 0 Å². The second kappa shape index (κ2) is 9.50. The van der Waals surface area contributed by atoms with E-state index in [9.17, 15) is 0 Å². The van der Waals surface area contributed by atoms with Crippen molar-refractivity contribution in [2.45, 2.75) is 78.0 Å². The van der Waals surface area contributed by atoms with E-state index in [0.717, 1.165) is 5.75 Å². The van der Waals surface area contributed by atoms with Gasteiger partial charge in [0.05, 0.1) is 25.4 Å². The van der Waals surface area contributed by atoms with Gasteiger partial charge in [-0.1, -0.05) is 32.0 Å². The second-order valence-corrected chi connectivity index (χ2v) is 7.80. The van der Waals surface area contributed by atoms with Crippen LogP contribution in [0.4, 0.5) is 0 Å². The van der Waals surface area contributed by atoms with Crippen LogP contribution in [-0.4, -0.2) is 17.5 Å². The molecule has 0 amide bonds. The summed E-state index contributed by atoms with van der Waals surface area (Å²) in [4.78, 5) is 0. The van der Waals surface area contributed by atoms with Crippen molar-refractivity contribution in [1.29, 1.82) is 0 Å². The molecule has 0 aliphatic heterocycles. The number of rotatable bonds is 9. The van der Waals surface area contributed by atoms with E-state index in [1.165, 1.54) is 16.7 Å². The molecule has 0 saturated carbocycles. The first-order valence-corrected chi connectivity index (χ1v) is 8.88. The van der Waals surface area contributed by atoms with Crippen LogP contribution in [0.2, 0.25) is 0 Å². The van der Waals surface area contributed by atoms with E-state index >= 15 is 0 Å². The normalized spacial score (nSPS) is 11.9. The van der Waals surface area contributed by atoms with E-state index in [-0.39, 0.29) is 12.2 Å². The Hall–Kier alpha value is -0.510. The van der Waals surface area contributed by atoms with Crippen molar-refractivity contribution in [1.82, 2.24) is 0 Å². The van der Waals surface area contributed by atoms with Crippen LogP contribution in [0.3, 0.4) is 0 Å². The number of hydrogen-bond acceptors (Lipinski definition) is 3. The minimum absolute atomic E-state index is 0.258. The number of benzene rings is 1. The van der Waals surface area contributed by atoms with E-state index in [4.69, 9.17) is 9.47 Å². The van der Waals surface area contributed by atoms with Crippen LogP contribution in [0.15, 0.2) is 18.2 Å². The molecule has 3 heteroatoms. The van der Waals surface area contributed by atoms with Crippen molar-refractivity contribution in [2.75, 3.05) is 0 Å². The van der Waals surface area contributed by atoms with E-state index in [1.54, 1.807) is 0 Å². The molecule has 0 fully saturated rings. The van der Waals surface area contributed by atoms with Gasteiger partial charge in [0.2, 0.25) is 0 Å². The van der Waals surface area contributed by atoms with Crippen LogP contribution >= 0.6 is 11.8 Å². The lowest BCUT2D eigenvalue weighted by atomic mass is 10.1. The third-order valence-electron chi connectivity index (χ3n) is 2.86. The summed E-state index contributed by atoms with van der Waals surface area (Å²) >= 11 is 1.97. The Balaban J connectivity index is 2.79. The highest BCUT2D eigenvalue weighted by atomic mass is 32.2. The Morgan fingerprint density at radius 3 is 1.57 bits per heavy atom. The summed E-state index contributed by atoms with van der Waals surface area (Å²) in [6.45, 7) is 14.1. The third kappa shape index (κ3) is 8.50. The van der Waals surface area contributed by atoms with Gasteiger partial charge in [0.1, 0.15) is 0 Å². The molecule has 0 atom stereocenters. The molecule has 0 spiro atoms. The van der Waals surface area contributed by atoms with Crippen LogP contribution in [-0.2, 0) is 28.4 Å². The predicted molar refractivity (Wildman–Crippen MR) is 92.7 cm³/mol. The van der Waals surface area contributed by atoms with Crippen molar-refractivity contribution < 1.29 is 9.47 Å². The monoisotopic (exact) mass is 310 g/mol. The maximum atomic E-state index is 5.74. The highest BCUT2D eigenvalue weighted by Gasteiger charge is 2.05. The van der Waals surface area contributed by atoms with E-state index < -0.39 is 0 Å². The minimum atomic E-state index is 0.258. The van der Waals surface area contributed by atoms with Gasteiger partial charge in [-0.2, -0.15) is 11.8 Å². The third-order valence-corrected chi connectivity index (χ3v) is 4.03. The summed E-state index contributed by atoms with van der Waals surface area (Å²) in [7, 11) is 0. The number of ether oxygens (including phenoxy) is 2. The van der Waals surface area contributed by atoms with Crippen molar-refractivity contribution in [3.05, 3.63) is 34.9 Å². The van der Waals surface area contributed by atoms with Crippen LogP contribution in [0.5, 0.6) is 0 Å². The molecule has 0 heterocycles. The zero-order valence-corrected chi connectivity index (χ0v) is 15.1. The maximum absolute atomic E-state index is 5.74. The molecule has 2 nitrogen and oxygen atoms in total. The van der Waals surface area contributed by atoms with E-state index in [0.29, 0.717) is 18.5 Å². The summed E-state index contributed by atoms with van der Waals surface area (Å²) in [6, 6.07) is 6.72. The lowest BCUT2D eigenvalue weighted by molar-refractivity contribution is 0.0625. The number of hydrogen-bond donors (Lipinski definition) is 0. The fraction of sp³-hybridized carbons (Fsp3) is 0.667. The van der Waals surface area contributed by atoms with Crippen LogP contribution in [0, 0.1) is 0 Å². The standard InChI is InChI=1S/C18H30O2S/c1-13(2)19-10-16-7-17(11-20-14(3)4)9-18(8-16)12-21-15(5)6/h7-9,13-15H,10-12H2,1-6H3. The van der Waals surface area contributed by atoms with E-state index in [1.807, 2.05) is 11.8 Å². The first-order chi connectivity index (χ1) is 9.86. The van der Waals surface area contributed by atoms with Gasteiger partial charge < -0.3 is 9.47 Å². The molecule has 120 valence electrons. The first-order valence-electron chi connectivity index (χ1n) is 7.83. The SMILES string of the molecule is CC(C)OCc1cc(COC(C)C)cc(CSC(C)C)c1. The molecule has 1 rings (SSSR count). The molecule has 0 radical (unpaired) electrons. The van der Waals surface area contributed by atoms with Gasteiger partial charge in [-0.05, 0) is 49.6 Å². The Bertz CT molecular complexity index is 339. The van der Waals surface area contributed by atoms with Gasteiger partial charge in [-0.25, -0.2) is 0 Å². The average molecular weight is 311 g/mol. The average Bonchev–Trinajstić information content (AvgIpc) is 2.40. The largest absolute Gasteiger partial charge is 0.374 e. The molecular weight excluding hydrogens is 280 g/mol. The van der Waals surface area contributed by atoms with Crippen molar-refractivity contribution in [3.63, 3.8) is 0 Å². The molecule has 0 aromatic heterocycles. The smallest absolute Gasteiger partial charge is 0.0720 e. The van der Waals surface area contributed by atoms with Gasteiger partial charge >= 0.3 is 0 Å². The topological polar surface area (TPSA) is 18.5 Å². The number of thioether (sulfide) groups is 1. The quantitative estimate of drug-likeness (QED) is 0.626. The highest BCUT2D eigenvalue weighted by molar-refractivity contribution is 7.99. The molecule has 0 aliphatic rings. The highest BCUT2D eigenvalue weighted by Crippen LogP contribution is 2.21. The summed E-state index contributed by atoms with van der Waals surface area (Å²) in [5.41, 5.74) is 3.85. The molecule has 1 aromatic rings. The molecule has 0 aliphatic carbocycles. The lowest BCUT2D eigenvalue weighted by Gasteiger charge is -2.14. The van der Waals surface area contributed by atoms with E-state index in [2.05, 4.69) is 59.7 Å². The first kappa shape index (κ1) is 18.5. The zero-order valence-electron chi connectivity index (χ0n) is 14.3. The molecule has 21 heavy (non-hydrogen) atoms. The molecule has 1 aromatic carbocycles. The van der Waals surface area contributed by atoms with Crippen LogP contribution in [0.25, 0.3) is 0 Å². The van der Waals surface area contributed by atoms with Crippen LogP contribution in [0.1, 0.15) is 58.2 Å². The summed E-state index contributed by atoms with van der Waals surface area (Å²) in [6.07, 6.45) is 0.517. The van der Waals surface area contributed by atoms with Crippen molar-refractivity contribution in [3.8, 4) is 0 Å². The molecule has 0 unspecified atom stereocenters. The summed E-state index contributed by atoms with van der Waals surface area (Å²) in [5.74, 6) is 1.04. The molecule has 0 N–H and O–H groups in total. The fourth-order valence-electron chi connectivity index (χ4n) is 1.88. The summed E-state index contributed by atoms with van der Waals surface area (Å²) < 4.78 is 11.5. The molecular formula is C18H30O2S.